The summed E-state index contributed by atoms with van der Waals surface area (Å²) in [6.45, 7) is 3.56. The summed E-state index contributed by atoms with van der Waals surface area (Å²) in [5, 5.41) is 11.7. The van der Waals surface area contributed by atoms with Gasteiger partial charge in [-0.2, -0.15) is 0 Å². The van der Waals surface area contributed by atoms with E-state index in [-0.39, 0.29) is 12.3 Å². The van der Waals surface area contributed by atoms with Crippen molar-refractivity contribution >= 4 is 27.8 Å². The first-order valence-corrected chi connectivity index (χ1v) is 7.17. The minimum absolute atomic E-state index is 0.0874. The summed E-state index contributed by atoms with van der Waals surface area (Å²) in [4.78, 5) is 22.6. The van der Waals surface area contributed by atoms with Crippen LogP contribution in [0.3, 0.4) is 0 Å². The van der Waals surface area contributed by atoms with E-state index in [2.05, 4.69) is 27.8 Å². The fraction of sp³-hybridized carbons (Fsp3) is 0.333. The number of nitrogens with one attached hydrogen (secondary N) is 1. The number of carbonyl (C=O) groups is 2. The molecule has 1 aromatic carbocycles. The number of halogens is 1. The van der Waals surface area contributed by atoms with Crippen LogP contribution in [-0.4, -0.2) is 23.0 Å². The van der Waals surface area contributed by atoms with Crippen molar-refractivity contribution in [3.8, 4) is 0 Å². The van der Waals surface area contributed by atoms with Crippen LogP contribution in [0.25, 0.3) is 0 Å². The van der Waals surface area contributed by atoms with Crippen LogP contribution in [0.4, 0.5) is 0 Å². The minimum atomic E-state index is -0.920. The van der Waals surface area contributed by atoms with Crippen molar-refractivity contribution in [2.75, 3.05) is 0 Å². The summed E-state index contributed by atoms with van der Waals surface area (Å²) in [5.41, 5.74) is 0.989. The predicted octanol–water partition coefficient (Wildman–Crippen LogP) is 2.92. The summed E-state index contributed by atoms with van der Waals surface area (Å²) in [5.74, 6) is -1.07. The standard InChI is InChI=1S/C15H18BrNO3/c1-2-3-4-14(18)17-13(10-15(19)20)9-11-5-7-12(16)8-6-11/h2,5-8,13H,1,3-4,9-10H2,(H,17,18)(H,19,20)/t13-/m1/s1. The average molecular weight is 340 g/mol. The van der Waals surface area contributed by atoms with Gasteiger partial charge in [-0.1, -0.05) is 34.1 Å². The van der Waals surface area contributed by atoms with Gasteiger partial charge in [0.1, 0.15) is 0 Å². The smallest absolute Gasteiger partial charge is 0.305 e. The van der Waals surface area contributed by atoms with Crippen molar-refractivity contribution < 1.29 is 14.7 Å². The maximum Gasteiger partial charge on any atom is 0.305 e. The Bertz CT molecular complexity index is 471. The Hall–Kier alpha value is -1.62. The molecule has 1 aromatic rings. The molecule has 0 aromatic heterocycles. The quantitative estimate of drug-likeness (QED) is 0.715. The Balaban J connectivity index is 2.63. The Morgan fingerprint density at radius 2 is 2.00 bits per heavy atom. The van der Waals surface area contributed by atoms with Gasteiger partial charge in [0.25, 0.3) is 0 Å². The number of carboxylic acid groups (broad SMARTS) is 1. The van der Waals surface area contributed by atoms with E-state index in [4.69, 9.17) is 5.11 Å². The molecule has 0 aliphatic rings. The molecule has 0 aliphatic heterocycles. The summed E-state index contributed by atoms with van der Waals surface area (Å²) < 4.78 is 0.964. The third-order valence-corrected chi connectivity index (χ3v) is 3.29. The first-order chi connectivity index (χ1) is 9.51. The molecule has 0 unspecified atom stereocenters. The molecule has 4 nitrogen and oxygen atoms in total. The number of carbonyl (C=O) groups excluding carboxylic acids is 1. The zero-order valence-corrected chi connectivity index (χ0v) is 12.7. The van der Waals surface area contributed by atoms with Gasteiger partial charge in [0, 0.05) is 16.9 Å². The third kappa shape index (κ3) is 6.52. The molecular formula is C15H18BrNO3. The van der Waals surface area contributed by atoms with E-state index in [1.165, 1.54) is 0 Å². The molecule has 0 fully saturated rings. The second-order valence-electron chi connectivity index (χ2n) is 4.52. The van der Waals surface area contributed by atoms with Crippen molar-refractivity contribution in [2.45, 2.75) is 31.7 Å². The molecular weight excluding hydrogens is 322 g/mol. The monoisotopic (exact) mass is 339 g/mol. The highest BCUT2D eigenvalue weighted by Crippen LogP contribution is 2.13. The van der Waals surface area contributed by atoms with E-state index in [0.717, 1.165) is 10.0 Å². The van der Waals surface area contributed by atoms with E-state index >= 15 is 0 Å². The van der Waals surface area contributed by atoms with Gasteiger partial charge in [0.2, 0.25) is 5.91 Å². The molecule has 1 atom stereocenters. The van der Waals surface area contributed by atoms with Crippen LogP contribution in [0.2, 0.25) is 0 Å². The molecule has 0 bridgehead atoms. The zero-order valence-electron chi connectivity index (χ0n) is 11.1. The Morgan fingerprint density at radius 3 is 2.55 bits per heavy atom. The van der Waals surface area contributed by atoms with Gasteiger partial charge in [0.05, 0.1) is 6.42 Å². The summed E-state index contributed by atoms with van der Waals surface area (Å²) >= 11 is 3.35. The number of hydrogen-bond acceptors (Lipinski definition) is 2. The number of rotatable bonds is 8. The van der Waals surface area contributed by atoms with Gasteiger partial charge in [-0.05, 0) is 30.5 Å². The predicted molar refractivity (Wildman–Crippen MR) is 81.5 cm³/mol. The van der Waals surface area contributed by atoms with E-state index in [1.807, 2.05) is 24.3 Å². The maximum atomic E-state index is 11.7. The fourth-order valence-electron chi connectivity index (χ4n) is 1.82. The first-order valence-electron chi connectivity index (χ1n) is 6.37. The van der Waals surface area contributed by atoms with Crippen LogP contribution in [0, 0.1) is 0 Å². The van der Waals surface area contributed by atoms with E-state index < -0.39 is 12.0 Å². The molecule has 1 rings (SSSR count). The second kappa shape index (κ2) is 8.53. The number of carboxylic acids is 1. The summed E-state index contributed by atoms with van der Waals surface area (Å²) in [7, 11) is 0. The number of aliphatic carboxylic acids is 1. The molecule has 0 radical (unpaired) electrons. The van der Waals surface area contributed by atoms with Crippen LogP contribution in [0.15, 0.2) is 41.4 Å². The normalized spacial score (nSPS) is 11.7. The lowest BCUT2D eigenvalue weighted by atomic mass is 10.0. The molecule has 0 spiro atoms. The molecule has 5 heteroatoms. The lowest BCUT2D eigenvalue weighted by molar-refractivity contribution is -0.137. The highest BCUT2D eigenvalue weighted by atomic mass is 79.9. The van der Waals surface area contributed by atoms with E-state index in [0.29, 0.717) is 19.3 Å². The second-order valence-corrected chi connectivity index (χ2v) is 5.44. The summed E-state index contributed by atoms with van der Waals surface area (Å²) in [6.07, 6.45) is 3.00. The summed E-state index contributed by atoms with van der Waals surface area (Å²) in [6, 6.07) is 7.22. The molecule has 2 N–H and O–H groups in total. The topological polar surface area (TPSA) is 66.4 Å². The van der Waals surface area contributed by atoms with Gasteiger partial charge in [0.15, 0.2) is 0 Å². The Kier molecular flexibility index (Phi) is 7.01. The maximum absolute atomic E-state index is 11.7. The Labute approximate surface area is 127 Å². The fourth-order valence-corrected chi connectivity index (χ4v) is 2.09. The van der Waals surface area contributed by atoms with Crippen LogP contribution in [0.5, 0.6) is 0 Å². The highest BCUT2D eigenvalue weighted by molar-refractivity contribution is 9.10. The molecule has 108 valence electrons. The van der Waals surface area contributed by atoms with Crippen LogP contribution in [0.1, 0.15) is 24.8 Å². The number of benzene rings is 1. The average Bonchev–Trinajstić information content (AvgIpc) is 2.38. The SMILES string of the molecule is C=CCCC(=O)N[C@@H](CC(=O)O)Cc1ccc(Br)cc1. The molecule has 0 saturated carbocycles. The van der Waals surface area contributed by atoms with Crippen LogP contribution in [-0.2, 0) is 16.0 Å². The number of amides is 1. The molecule has 0 saturated heterocycles. The van der Waals surface area contributed by atoms with Crippen molar-refractivity contribution in [1.82, 2.24) is 5.32 Å². The van der Waals surface area contributed by atoms with Crippen molar-refractivity contribution in [2.24, 2.45) is 0 Å². The van der Waals surface area contributed by atoms with Gasteiger partial charge in [-0.15, -0.1) is 6.58 Å². The Morgan fingerprint density at radius 1 is 1.35 bits per heavy atom. The van der Waals surface area contributed by atoms with E-state index in [9.17, 15) is 9.59 Å². The van der Waals surface area contributed by atoms with Crippen LogP contribution < -0.4 is 5.32 Å². The minimum Gasteiger partial charge on any atom is -0.481 e. The number of allylic oxidation sites excluding steroid dienone is 1. The van der Waals surface area contributed by atoms with Gasteiger partial charge >= 0.3 is 5.97 Å². The lowest BCUT2D eigenvalue weighted by Crippen LogP contribution is -2.37. The zero-order chi connectivity index (χ0) is 15.0. The lowest BCUT2D eigenvalue weighted by Gasteiger charge is -2.17. The largest absolute Gasteiger partial charge is 0.481 e. The van der Waals surface area contributed by atoms with Gasteiger partial charge in [-0.3, -0.25) is 9.59 Å². The number of hydrogen-bond donors (Lipinski definition) is 2. The molecule has 0 aliphatic carbocycles. The first kappa shape index (κ1) is 16.4. The van der Waals surface area contributed by atoms with E-state index in [1.54, 1.807) is 6.08 Å². The molecule has 1 amide bonds. The van der Waals surface area contributed by atoms with Crippen molar-refractivity contribution in [1.29, 1.82) is 0 Å². The van der Waals surface area contributed by atoms with Gasteiger partial charge in [-0.25, -0.2) is 0 Å². The van der Waals surface area contributed by atoms with Crippen molar-refractivity contribution in [3.05, 3.63) is 47.0 Å². The van der Waals surface area contributed by atoms with Crippen molar-refractivity contribution in [3.63, 3.8) is 0 Å². The highest BCUT2D eigenvalue weighted by Gasteiger charge is 2.16. The molecule has 0 heterocycles. The van der Waals surface area contributed by atoms with Gasteiger partial charge < -0.3 is 10.4 Å². The third-order valence-electron chi connectivity index (χ3n) is 2.76. The molecule has 20 heavy (non-hydrogen) atoms. The van der Waals surface area contributed by atoms with Crippen LogP contribution >= 0.6 is 15.9 Å².